The summed E-state index contributed by atoms with van der Waals surface area (Å²) in [4.78, 5) is 16.6. The summed E-state index contributed by atoms with van der Waals surface area (Å²) < 4.78 is 22.4. The first kappa shape index (κ1) is 22.9. The average Bonchev–Trinajstić information content (AvgIpc) is 2.88. The lowest BCUT2D eigenvalue weighted by atomic mass is 10.2. The third-order valence-electron chi connectivity index (χ3n) is 5.27. The van der Waals surface area contributed by atoms with Crippen molar-refractivity contribution in [1.29, 1.82) is 0 Å². The van der Waals surface area contributed by atoms with Gasteiger partial charge in [0.2, 0.25) is 0 Å². The van der Waals surface area contributed by atoms with E-state index in [0.29, 0.717) is 34.4 Å². The number of benzene rings is 3. The molecule has 1 heterocycles. The number of fused-ring (bicyclic) bond motifs is 1. The number of anilines is 1. The van der Waals surface area contributed by atoms with Gasteiger partial charge in [0.25, 0.3) is 5.91 Å². The molecule has 34 heavy (non-hydrogen) atoms. The maximum atomic E-state index is 12.2. The van der Waals surface area contributed by atoms with Crippen LogP contribution in [0.15, 0.2) is 72.9 Å². The van der Waals surface area contributed by atoms with Crippen molar-refractivity contribution in [2.24, 2.45) is 0 Å². The molecule has 0 saturated carbocycles. The van der Waals surface area contributed by atoms with Gasteiger partial charge in [0.05, 0.1) is 19.7 Å². The standard InChI is InChI=1S/C27H26N2O5/c1-4-18-5-9-20(10-6-18)33-17-27(30)29-19-7-11-21(12-8-19)34-24-13-14-28-23-16-26(32-3)25(31-2)15-22(23)24/h5-16H,4,17H2,1-3H3,(H,29,30). The second-order valence-corrected chi connectivity index (χ2v) is 7.49. The quantitative estimate of drug-likeness (QED) is 0.351. The molecule has 0 aliphatic rings. The van der Waals surface area contributed by atoms with Gasteiger partial charge in [-0.15, -0.1) is 0 Å². The molecule has 0 spiro atoms. The molecule has 3 aromatic carbocycles. The maximum absolute atomic E-state index is 12.2. The lowest BCUT2D eigenvalue weighted by Crippen LogP contribution is -2.20. The van der Waals surface area contributed by atoms with Crippen molar-refractivity contribution in [2.45, 2.75) is 13.3 Å². The summed E-state index contributed by atoms with van der Waals surface area (Å²) in [7, 11) is 3.17. The molecule has 7 nitrogen and oxygen atoms in total. The largest absolute Gasteiger partial charge is 0.493 e. The van der Waals surface area contributed by atoms with E-state index in [1.165, 1.54) is 5.56 Å². The topological polar surface area (TPSA) is 78.9 Å². The van der Waals surface area contributed by atoms with Crippen LogP contribution >= 0.6 is 0 Å². The molecule has 0 unspecified atom stereocenters. The van der Waals surface area contributed by atoms with E-state index in [2.05, 4.69) is 17.2 Å². The molecule has 1 amide bonds. The van der Waals surface area contributed by atoms with Gasteiger partial charge in [-0.2, -0.15) is 0 Å². The highest BCUT2D eigenvalue weighted by atomic mass is 16.5. The van der Waals surface area contributed by atoms with Crippen LogP contribution < -0.4 is 24.3 Å². The molecule has 4 rings (SSSR count). The Kier molecular flexibility index (Phi) is 7.13. The fraction of sp³-hybridized carbons (Fsp3) is 0.185. The smallest absolute Gasteiger partial charge is 0.262 e. The first-order valence-electron chi connectivity index (χ1n) is 10.9. The summed E-state index contributed by atoms with van der Waals surface area (Å²) in [6, 6.07) is 20.3. The van der Waals surface area contributed by atoms with Crippen molar-refractivity contribution in [3.8, 4) is 28.7 Å². The predicted molar refractivity (Wildman–Crippen MR) is 131 cm³/mol. The Labute approximate surface area is 198 Å². The van der Waals surface area contributed by atoms with Gasteiger partial charge in [-0.3, -0.25) is 9.78 Å². The fourth-order valence-electron chi connectivity index (χ4n) is 3.44. The Morgan fingerprint density at radius 3 is 2.21 bits per heavy atom. The molecule has 0 atom stereocenters. The van der Waals surface area contributed by atoms with Gasteiger partial charge < -0.3 is 24.3 Å². The van der Waals surface area contributed by atoms with E-state index >= 15 is 0 Å². The van der Waals surface area contributed by atoms with Crippen LogP contribution in [-0.4, -0.2) is 31.7 Å². The van der Waals surface area contributed by atoms with E-state index < -0.39 is 0 Å². The summed E-state index contributed by atoms with van der Waals surface area (Å²) in [5.41, 5.74) is 2.59. The molecule has 0 aliphatic heterocycles. The Hall–Kier alpha value is -4.26. The number of aromatic nitrogens is 1. The molecule has 0 fully saturated rings. The van der Waals surface area contributed by atoms with Gasteiger partial charge in [-0.05, 0) is 60.5 Å². The van der Waals surface area contributed by atoms with Crippen LogP contribution in [0.1, 0.15) is 12.5 Å². The number of methoxy groups -OCH3 is 2. The van der Waals surface area contributed by atoms with Gasteiger partial charge in [0, 0.05) is 23.3 Å². The monoisotopic (exact) mass is 458 g/mol. The SMILES string of the molecule is CCc1ccc(OCC(=O)Nc2ccc(Oc3ccnc4cc(OC)c(OC)cc34)cc2)cc1. The summed E-state index contributed by atoms with van der Waals surface area (Å²) in [5.74, 6) is 2.86. The normalized spacial score (nSPS) is 10.6. The van der Waals surface area contributed by atoms with Crippen molar-refractivity contribution in [1.82, 2.24) is 4.98 Å². The zero-order valence-corrected chi connectivity index (χ0v) is 19.3. The summed E-state index contributed by atoms with van der Waals surface area (Å²) in [6.07, 6.45) is 2.63. The predicted octanol–water partition coefficient (Wildman–Crippen LogP) is 5.62. The molecule has 4 aromatic rings. The van der Waals surface area contributed by atoms with Crippen molar-refractivity contribution in [3.63, 3.8) is 0 Å². The van der Waals surface area contributed by atoms with E-state index in [4.69, 9.17) is 18.9 Å². The molecule has 174 valence electrons. The van der Waals surface area contributed by atoms with Crippen molar-refractivity contribution < 1.29 is 23.7 Å². The number of pyridine rings is 1. The Morgan fingerprint density at radius 1 is 0.853 bits per heavy atom. The first-order chi connectivity index (χ1) is 16.6. The molecule has 0 saturated heterocycles. The van der Waals surface area contributed by atoms with Gasteiger partial charge in [0.1, 0.15) is 17.2 Å². The minimum atomic E-state index is -0.241. The lowest BCUT2D eigenvalue weighted by Gasteiger charge is -2.13. The van der Waals surface area contributed by atoms with E-state index in [-0.39, 0.29) is 12.5 Å². The number of carbonyl (C=O) groups excluding carboxylic acids is 1. The number of nitrogens with zero attached hydrogens (tertiary/aromatic N) is 1. The van der Waals surface area contributed by atoms with Crippen LogP contribution in [0.4, 0.5) is 5.69 Å². The van der Waals surface area contributed by atoms with E-state index in [0.717, 1.165) is 17.3 Å². The van der Waals surface area contributed by atoms with Crippen molar-refractivity contribution in [3.05, 3.63) is 78.5 Å². The molecule has 1 N–H and O–H groups in total. The highest BCUT2D eigenvalue weighted by Gasteiger charge is 2.11. The third-order valence-corrected chi connectivity index (χ3v) is 5.27. The average molecular weight is 459 g/mol. The zero-order valence-electron chi connectivity index (χ0n) is 19.3. The first-order valence-corrected chi connectivity index (χ1v) is 10.9. The Morgan fingerprint density at radius 2 is 1.53 bits per heavy atom. The summed E-state index contributed by atoms with van der Waals surface area (Å²) in [6.45, 7) is 2.02. The minimum absolute atomic E-state index is 0.0714. The molecule has 0 aliphatic carbocycles. The molecular formula is C27H26N2O5. The summed E-state index contributed by atoms with van der Waals surface area (Å²) >= 11 is 0. The van der Waals surface area contributed by atoms with Crippen LogP contribution in [0.25, 0.3) is 10.9 Å². The fourth-order valence-corrected chi connectivity index (χ4v) is 3.44. The van der Waals surface area contributed by atoms with Gasteiger partial charge in [-0.1, -0.05) is 19.1 Å². The number of nitrogens with one attached hydrogen (secondary N) is 1. The number of rotatable bonds is 9. The second-order valence-electron chi connectivity index (χ2n) is 7.49. The molecule has 0 radical (unpaired) electrons. The van der Waals surface area contributed by atoms with Gasteiger partial charge >= 0.3 is 0 Å². The van der Waals surface area contributed by atoms with E-state index in [1.54, 1.807) is 56.8 Å². The summed E-state index contributed by atoms with van der Waals surface area (Å²) in [5, 5.41) is 3.62. The lowest BCUT2D eigenvalue weighted by molar-refractivity contribution is -0.118. The Balaban J connectivity index is 1.39. The third kappa shape index (κ3) is 5.38. The Bertz CT molecular complexity index is 1270. The van der Waals surface area contributed by atoms with Crippen LogP contribution in [0.3, 0.4) is 0 Å². The van der Waals surface area contributed by atoms with Crippen molar-refractivity contribution >= 4 is 22.5 Å². The molecular weight excluding hydrogens is 432 g/mol. The number of carbonyl (C=O) groups is 1. The highest BCUT2D eigenvalue weighted by Crippen LogP contribution is 2.37. The van der Waals surface area contributed by atoms with Crippen LogP contribution in [0.5, 0.6) is 28.7 Å². The molecule has 0 bridgehead atoms. The number of aryl methyl sites for hydroxylation is 1. The second kappa shape index (κ2) is 10.6. The maximum Gasteiger partial charge on any atom is 0.262 e. The van der Waals surface area contributed by atoms with E-state index in [1.807, 2.05) is 30.3 Å². The number of amides is 1. The van der Waals surface area contributed by atoms with Crippen LogP contribution in [0, 0.1) is 0 Å². The number of hydrogen-bond donors (Lipinski definition) is 1. The number of hydrogen-bond acceptors (Lipinski definition) is 6. The number of ether oxygens (including phenoxy) is 4. The van der Waals surface area contributed by atoms with Crippen molar-refractivity contribution in [2.75, 3.05) is 26.1 Å². The van der Waals surface area contributed by atoms with Gasteiger partial charge in [0.15, 0.2) is 18.1 Å². The minimum Gasteiger partial charge on any atom is -0.493 e. The zero-order chi connectivity index (χ0) is 23.9. The highest BCUT2D eigenvalue weighted by molar-refractivity contribution is 5.92. The molecule has 7 heteroatoms. The van der Waals surface area contributed by atoms with Crippen LogP contribution in [-0.2, 0) is 11.2 Å². The van der Waals surface area contributed by atoms with Gasteiger partial charge in [-0.25, -0.2) is 0 Å². The molecule has 1 aromatic heterocycles. The van der Waals surface area contributed by atoms with Crippen LogP contribution in [0.2, 0.25) is 0 Å². The van der Waals surface area contributed by atoms with E-state index in [9.17, 15) is 4.79 Å².